The highest BCUT2D eigenvalue weighted by atomic mass is 79.9. The number of rotatable bonds is 2. The lowest BCUT2D eigenvalue weighted by Crippen LogP contribution is -2.02. The van der Waals surface area contributed by atoms with Gasteiger partial charge in [-0.1, -0.05) is 25.4 Å². The zero-order valence-electron chi connectivity index (χ0n) is 11.3. The lowest BCUT2D eigenvalue weighted by molar-refractivity contribution is 0.808. The van der Waals surface area contributed by atoms with Gasteiger partial charge < -0.3 is 0 Å². The van der Waals surface area contributed by atoms with Crippen molar-refractivity contribution in [3.8, 4) is 11.5 Å². The van der Waals surface area contributed by atoms with Gasteiger partial charge in [0, 0.05) is 5.69 Å². The highest BCUT2D eigenvalue weighted by Crippen LogP contribution is 2.30. The quantitative estimate of drug-likeness (QED) is 0.744. The second kappa shape index (κ2) is 5.55. The van der Waals surface area contributed by atoms with Crippen molar-refractivity contribution in [1.29, 1.82) is 0 Å². The fourth-order valence-electron chi connectivity index (χ4n) is 1.89. The van der Waals surface area contributed by atoms with Gasteiger partial charge in [0.15, 0.2) is 5.82 Å². The van der Waals surface area contributed by atoms with Crippen molar-refractivity contribution in [1.82, 2.24) is 15.0 Å². The molecule has 0 N–H and O–H groups in total. The Morgan fingerprint density at radius 1 is 1.11 bits per heavy atom. The van der Waals surface area contributed by atoms with E-state index in [0.717, 1.165) is 27.1 Å². The van der Waals surface area contributed by atoms with E-state index in [2.05, 4.69) is 44.7 Å². The lowest BCUT2D eigenvalue weighted by atomic mass is 10.1. The van der Waals surface area contributed by atoms with Crippen LogP contribution in [-0.2, 0) is 0 Å². The van der Waals surface area contributed by atoms with E-state index in [4.69, 9.17) is 11.6 Å². The first kappa shape index (κ1) is 14.4. The summed E-state index contributed by atoms with van der Waals surface area (Å²) in [5.41, 5.74) is 3.74. The predicted octanol–water partition coefficient (Wildman–Crippen LogP) is 4.69. The standard InChI is InChI=1S/C14H15BrClN3/c1-7(2)12-11(15)13(16)19-14(18-12)10-6-8(3)5-9(4)17-10/h5-7H,1-4H3. The van der Waals surface area contributed by atoms with Crippen molar-refractivity contribution < 1.29 is 0 Å². The first-order valence-electron chi connectivity index (χ1n) is 6.07. The van der Waals surface area contributed by atoms with Crippen LogP contribution in [0.5, 0.6) is 0 Å². The van der Waals surface area contributed by atoms with Crippen LogP contribution in [0.2, 0.25) is 5.15 Å². The van der Waals surface area contributed by atoms with Crippen LogP contribution in [0.15, 0.2) is 16.6 Å². The molecule has 2 rings (SSSR count). The normalized spacial score (nSPS) is 11.1. The molecule has 0 aliphatic heterocycles. The number of hydrogen-bond donors (Lipinski definition) is 0. The van der Waals surface area contributed by atoms with Crippen LogP contribution in [0.25, 0.3) is 11.5 Å². The summed E-state index contributed by atoms with van der Waals surface area (Å²) in [4.78, 5) is 13.4. The molecule has 0 radical (unpaired) electrons. The second-order valence-corrected chi connectivity index (χ2v) is 6.01. The molecule has 0 aliphatic rings. The summed E-state index contributed by atoms with van der Waals surface area (Å²) in [5, 5.41) is 0.426. The third-order valence-corrected chi connectivity index (χ3v) is 3.99. The van der Waals surface area contributed by atoms with Gasteiger partial charge in [-0.25, -0.2) is 15.0 Å². The summed E-state index contributed by atoms with van der Waals surface area (Å²) in [5.74, 6) is 0.836. The largest absolute Gasteiger partial charge is 0.250 e. The molecule has 0 bridgehead atoms. The van der Waals surface area contributed by atoms with Crippen molar-refractivity contribution in [3.05, 3.63) is 38.7 Å². The molecule has 5 heteroatoms. The molecule has 0 aromatic carbocycles. The molecule has 0 amide bonds. The Hall–Kier alpha value is -1.00. The summed E-state index contributed by atoms with van der Waals surface area (Å²) in [6, 6.07) is 3.99. The zero-order chi connectivity index (χ0) is 14.2. The fourth-order valence-corrected chi connectivity index (χ4v) is 2.70. The molecule has 2 heterocycles. The molecule has 0 saturated carbocycles. The Bertz CT molecular complexity index is 606. The molecular formula is C14H15BrClN3. The maximum absolute atomic E-state index is 6.17. The minimum absolute atomic E-state index is 0.263. The highest BCUT2D eigenvalue weighted by molar-refractivity contribution is 9.10. The van der Waals surface area contributed by atoms with E-state index in [-0.39, 0.29) is 5.92 Å². The van der Waals surface area contributed by atoms with E-state index in [1.807, 2.05) is 26.0 Å². The maximum Gasteiger partial charge on any atom is 0.179 e. The van der Waals surface area contributed by atoms with E-state index < -0.39 is 0 Å². The van der Waals surface area contributed by atoms with Gasteiger partial charge in [-0.3, -0.25) is 0 Å². The molecular weight excluding hydrogens is 326 g/mol. The predicted molar refractivity (Wildman–Crippen MR) is 81.5 cm³/mol. The highest BCUT2D eigenvalue weighted by Gasteiger charge is 2.15. The molecule has 19 heavy (non-hydrogen) atoms. The van der Waals surface area contributed by atoms with Gasteiger partial charge in [-0.05, 0) is 53.4 Å². The Morgan fingerprint density at radius 3 is 2.37 bits per heavy atom. The number of pyridine rings is 1. The van der Waals surface area contributed by atoms with Crippen LogP contribution >= 0.6 is 27.5 Å². The topological polar surface area (TPSA) is 38.7 Å². The van der Waals surface area contributed by atoms with Crippen LogP contribution < -0.4 is 0 Å². The average Bonchev–Trinajstić information content (AvgIpc) is 2.30. The minimum atomic E-state index is 0.263. The summed E-state index contributed by atoms with van der Waals surface area (Å²) < 4.78 is 0.761. The molecule has 0 saturated heterocycles. The van der Waals surface area contributed by atoms with E-state index in [1.165, 1.54) is 0 Å². The van der Waals surface area contributed by atoms with Crippen LogP contribution in [-0.4, -0.2) is 15.0 Å². The van der Waals surface area contributed by atoms with Gasteiger partial charge in [0.05, 0.1) is 10.2 Å². The van der Waals surface area contributed by atoms with Gasteiger partial charge in [-0.2, -0.15) is 0 Å². The number of hydrogen-bond acceptors (Lipinski definition) is 3. The molecule has 0 unspecified atom stereocenters. The SMILES string of the molecule is Cc1cc(C)nc(-c2nc(Cl)c(Br)c(C(C)C)n2)c1. The summed E-state index contributed by atoms with van der Waals surface area (Å²) >= 11 is 9.61. The molecule has 2 aromatic rings. The van der Waals surface area contributed by atoms with E-state index in [9.17, 15) is 0 Å². The third-order valence-electron chi connectivity index (χ3n) is 2.71. The van der Waals surface area contributed by atoms with E-state index in [0.29, 0.717) is 11.0 Å². The van der Waals surface area contributed by atoms with Gasteiger partial charge in [-0.15, -0.1) is 0 Å². The molecule has 0 aliphatic carbocycles. The van der Waals surface area contributed by atoms with Crippen molar-refractivity contribution >= 4 is 27.5 Å². The van der Waals surface area contributed by atoms with E-state index >= 15 is 0 Å². The zero-order valence-corrected chi connectivity index (χ0v) is 13.7. The number of aromatic nitrogens is 3. The van der Waals surface area contributed by atoms with Gasteiger partial charge in [0.25, 0.3) is 0 Å². The monoisotopic (exact) mass is 339 g/mol. The summed E-state index contributed by atoms with van der Waals surface area (Å²) in [7, 11) is 0. The van der Waals surface area contributed by atoms with Gasteiger partial charge in [0.2, 0.25) is 0 Å². The Kier molecular flexibility index (Phi) is 4.21. The Morgan fingerprint density at radius 2 is 1.79 bits per heavy atom. The van der Waals surface area contributed by atoms with Crippen molar-refractivity contribution in [2.24, 2.45) is 0 Å². The smallest absolute Gasteiger partial charge is 0.179 e. The first-order valence-corrected chi connectivity index (χ1v) is 7.24. The molecule has 0 atom stereocenters. The summed E-state index contributed by atoms with van der Waals surface area (Å²) in [6.07, 6.45) is 0. The van der Waals surface area contributed by atoms with Gasteiger partial charge in [0.1, 0.15) is 10.8 Å². The van der Waals surface area contributed by atoms with Crippen molar-refractivity contribution in [2.75, 3.05) is 0 Å². The average molecular weight is 341 g/mol. The van der Waals surface area contributed by atoms with E-state index in [1.54, 1.807) is 0 Å². The third kappa shape index (κ3) is 3.12. The molecule has 0 fully saturated rings. The molecule has 3 nitrogen and oxygen atoms in total. The maximum atomic E-state index is 6.17. The Balaban J connectivity index is 2.62. The molecule has 100 valence electrons. The second-order valence-electron chi connectivity index (χ2n) is 4.86. The molecule has 0 spiro atoms. The number of aryl methyl sites for hydroxylation is 2. The van der Waals surface area contributed by atoms with Crippen LogP contribution in [0.4, 0.5) is 0 Å². The van der Waals surface area contributed by atoms with Gasteiger partial charge >= 0.3 is 0 Å². The fraction of sp³-hybridized carbons (Fsp3) is 0.357. The number of halogens is 2. The van der Waals surface area contributed by atoms with Crippen LogP contribution in [0, 0.1) is 13.8 Å². The summed E-state index contributed by atoms with van der Waals surface area (Å²) in [6.45, 7) is 8.13. The van der Waals surface area contributed by atoms with Crippen molar-refractivity contribution in [3.63, 3.8) is 0 Å². The van der Waals surface area contributed by atoms with Crippen molar-refractivity contribution in [2.45, 2.75) is 33.6 Å². The first-order chi connectivity index (χ1) is 8.88. The van der Waals surface area contributed by atoms with Crippen LogP contribution in [0.3, 0.4) is 0 Å². The lowest BCUT2D eigenvalue weighted by Gasteiger charge is -2.11. The number of nitrogens with zero attached hydrogens (tertiary/aromatic N) is 3. The Labute approximate surface area is 126 Å². The minimum Gasteiger partial charge on any atom is -0.250 e. The molecule has 2 aromatic heterocycles. The van der Waals surface area contributed by atoms with Crippen LogP contribution in [0.1, 0.15) is 36.7 Å².